The number of alkyl halides is 1. The fraction of sp³-hybridized carbons (Fsp3) is 0.391. The molecule has 8 nitrogen and oxygen atoms in total. The van der Waals surface area contributed by atoms with E-state index in [-0.39, 0.29) is 41.4 Å². The van der Waals surface area contributed by atoms with E-state index in [0.29, 0.717) is 5.56 Å². The molecule has 0 aromatic heterocycles. The lowest BCUT2D eigenvalue weighted by Crippen LogP contribution is -2.50. The number of aliphatic hydroxyl groups excluding tert-OH is 1. The molecule has 3 N–H and O–H groups in total. The molecule has 0 fully saturated rings. The molecule has 0 saturated carbocycles. The standard InChI is InChI=1S/C23H29BrN2O6S/c1-16(2)14-26(33(31,32)19-10-8-18(9-11-19)21(27)13-24)15-22(28)20(25-23(29)30)12-17-6-4-3-5-7-17/h3-11,16,20,22,25,28H,12-15H2,1-2H3,(H,29,30)/t20-,22+/m0/s1. The van der Waals surface area contributed by atoms with Crippen LogP contribution in [0.2, 0.25) is 0 Å². The van der Waals surface area contributed by atoms with Crippen LogP contribution in [0.4, 0.5) is 4.79 Å². The van der Waals surface area contributed by atoms with E-state index in [4.69, 9.17) is 0 Å². The normalized spacial score (nSPS) is 13.6. The number of halogens is 1. The number of aliphatic hydroxyl groups is 1. The molecule has 2 rings (SSSR count). The molecule has 2 atom stereocenters. The van der Waals surface area contributed by atoms with Gasteiger partial charge in [0.05, 0.1) is 22.4 Å². The number of hydrogen-bond donors (Lipinski definition) is 3. The largest absolute Gasteiger partial charge is 0.465 e. The third-order valence-electron chi connectivity index (χ3n) is 4.97. The SMILES string of the molecule is CC(C)CN(C[C@@H](O)[C@H](Cc1ccccc1)NC(=O)O)S(=O)(=O)c1ccc(C(=O)CBr)cc1. The Morgan fingerprint density at radius 3 is 2.15 bits per heavy atom. The van der Waals surface area contributed by atoms with E-state index in [0.717, 1.165) is 9.87 Å². The number of benzene rings is 2. The van der Waals surface area contributed by atoms with Crippen molar-refractivity contribution in [2.24, 2.45) is 5.92 Å². The van der Waals surface area contributed by atoms with E-state index in [1.807, 2.05) is 32.0 Å². The molecule has 180 valence electrons. The van der Waals surface area contributed by atoms with Crippen molar-refractivity contribution in [1.29, 1.82) is 0 Å². The Labute approximate surface area is 202 Å². The zero-order valence-electron chi connectivity index (χ0n) is 18.5. The number of hydrogen-bond acceptors (Lipinski definition) is 5. The van der Waals surface area contributed by atoms with Crippen LogP contribution in [0.15, 0.2) is 59.5 Å². The highest BCUT2D eigenvalue weighted by Crippen LogP contribution is 2.20. The lowest BCUT2D eigenvalue weighted by Gasteiger charge is -2.30. The Kier molecular flexibility index (Phi) is 10.0. The topological polar surface area (TPSA) is 124 Å². The van der Waals surface area contributed by atoms with E-state index in [9.17, 15) is 28.2 Å². The van der Waals surface area contributed by atoms with Crippen molar-refractivity contribution in [3.8, 4) is 0 Å². The molecule has 2 aromatic rings. The molecule has 1 amide bonds. The molecule has 2 aromatic carbocycles. The van der Waals surface area contributed by atoms with Crippen molar-refractivity contribution in [3.63, 3.8) is 0 Å². The monoisotopic (exact) mass is 540 g/mol. The zero-order valence-corrected chi connectivity index (χ0v) is 20.9. The fourth-order valence-corrected chi connectivity index (χ4v) is 5.31. The van der Waals surface area contributed by atoms with Gasteiger partial charge in [-0.3, -0.25) is 4.79 Å². The van der Waals surface area contributed by atoms with Gasteiger partial charge in [0.25, 0.3) is 0 Å². The first-order valence-electron chi connectivity index (χ1n) is 10.5. The summed E-state index contributed by atoms with van der Waals surface area (Å²) in [7, 11) is -4.00. The molecule has 0 aliphatic carbocycles. The van der Waals surface area contributed by atoms with E-state index in [2.05, 4.69) is 21.2 Å². The van der Waals surface area contributed by atoms with Gasteiger partial charge in [0.2, 0.25) is 10.0 Å². The van der Waals surface area contributed by atoms with Crippen LogP contribution in [0, 0.1) is 5.92 Å². The number of amides is 1. The van der Waals surface area contributed by atoms with Crippen LogP contribution in [0.1, 0.15) is 29.8 Å². The van der Waals surface area contributed by atoms with Crippen LogP contribution >= 0.6 is 15.9 Å². The van der Waals surface area contributed by atoms with Gasteiger partial charge in [-0.1, -0.05) is 72.2 Å². The Bertz CT molecular complexity index is 1030. The molecular formula is C23H29BrN2O6S. The third-order valence-corrected chi connectivity index (χ3v) is 7.32. The van der Waals surface area contributed by atoms with E-state index < -0.39 is 28.3 Å². The van der Waals surface area contributed by atoms with Gasteiger partial charge < -0.3 is 15.5 Å². The van der Waals surface area contributed by atoms with Crippen molar-refractivity contribution in [2.75, 3.05) is 18.4 Å². The highest BCUT2D eigenvalue weighted by atomic mass is 79.9. The van der Waals surface area contributed by atoms with Gasteiger partial charge in [-0.05, 0) is 30.0 Å². The second-order valence-electron chi connectivity index (χ2n) is 8.11. The number of nitrogens with one attached hydrogen (secondary N) is 1. The minimum atomic E-state index is -4.00. The van der Waals surface area contributed by atoms with Crippen molar-refractivity contribution in [3.05, 3.63) is 65.7 Å². The molecule has 0 spiro atoms. The van der Waals surface area contributed by atoms with E-state index in [1.165, 1.54) is 24.3 Å². The third kappa shape index (κ3) is 7.92. The summed E-state index contributed by atoms with van der Waals surface area (Å²) in [6.45, 7) is 3.54. The molecule has 0 heterocycles. The molecule has 0 bridgehead atoms. The van der Waals surface area contributed by atoms with Gasteiger partial charge in [0, 0.05) is 18.7 Å². The number of carbonyl (C=O) groups is 2. The molecule has 0 aliphatic heterocycles. The predicted octanol–water partition coefficient (Wildman–Crippen LogP) is 3.15. The second kappa shape index (κ2) is 12.3. The molecule has 33 heavy (non-hydrogen) atoms. The number of ketones is 1. The summed E-state index contributed by atoms with van der Waals surface area (Å²) in [5.41, 5.74) is 1.19. The van der Waals surface area contributed by atoms with Crippen molar-refractivity contribution < 1.29 is 28.2 Å². The first-order valence-corrected chi connectivity index (χ1v) is 13.0. The van der Waals surface area contributed by atoms with E-state index >= 15 is 0 Å². The minimum Gasteiger partial charge on any atom is -0.465 e. The van der Waals surface area contributed by atoms with Crippen LogP contribution in [0.25, 0.3) is 0 Å². The van der Waals surface area contributed by atoms with Crippen LogP contribution in [0.3, 0.4) is 0 Å². The summed E-state index contributed by atoms with van der Waals surface area (Å²) >= 11 is 3.09. The zero-order chi connectivity index (χ0) is 24.6. The summed E-state index contributed by atoms with van der Waals surface area (Å²) in [5.74, 6) is -0.210. The van der Waals surface area contributed by atoms with Crippen LogP contribution < -0.4 is 5.32 Å². The predicted molar refractivity (Wildman–Crippen MR) is 129 cm³/mol. The van der Waals surface area contributed by atoms with Gasteiger partial charge >= 0.3 is 6.09 Å². The number of carboxylic acid groups (broad SMARTS) is 1. The molecule has 10 heteroatoms. The van der Waals surface area contributed by atoms with Crippen molar-refractivity contribution >= 4 is 37.8 Å². The Hall–Kier alpha value is -2.27. The number of carbonyl (C=O) groups excluding carboxylic acids is 1. The van der Waals surface area contributed by atoms with Gasteiger partial charge in [-0.25, -0.2) is 13.2 Å². The summed E-state index contributed by atoms with van der Waals surface area (Å²) in [5, 5.41) is 22.6. The van der Waals surface area contributed by atoms with Crippen molar-refractivity contribution in [1.82, 2.24) is 9.62 Å². The summed E-state index contributed by atoms with van der Waals surface area (Å²) in [4.78, 5) is 23.1. The lowest BCUT2D eigenvalue weighted by molar-refractivity contribution is 0.0980. The average Bonchev–Trinajstić information content (AvgIpc) is 2.77. The second-order valence-corrected chi connectivity index (χ2v) is 10.6. The highest BCUT2D eigenvalue weighted by Gasteiger charge is 2.31. The number of Topliss-reactive ketones (excluding diaryl/α,β-unsaturated/α-hetero) is 1. The fourth-order valence-electron chi connectivity index (χ4n) is 3.36. The van der Waals surface area contributed by atoms with E-state index in [1.54, 1.807) is 12.1 Å². The smallest absolute Gasteiger partial charge is 0.404 e. The quantitative estimate of drug-likeness (QED) is 0.280. The van der Waals surface area contributed by atoms with Crippen molar-refractivity contribution in [2.45, 2.75) is 37.3 Å². The lowest BCUT2D eigenvalue weighted by atomic mass is 10.0. The van der Waals surface area contributed by atoms with Crippen LogP contribution in [0.5, 0.6) is 0 Å². The molecule has 0 saturated heterocycles. The first kappa shape index (κ1) is 27.0. The minimum absolute atomic E-state index is 0.00715. The molecule has 0 unspecified atom stereocenters. The van der Waals surface area contributed by atoms with Crippen LogP contribution in [-0.4, -0.2) is 65.4 Å². The van der Waals surface area contributed by atoms with Gasteiger partial charge in [0.15, 0.2) is 5.78 Å². The number of nitrogens with zero attached hydrogens (tertiary/aromatic N) is 1. The average molecular weight is 541 g/mol. The summed E-state index contributed by atoms with van der Waals surface area (Å²) in [6.07, 6.45) is -2.39. The van der Waals surface area contributed by atoms with Gasteiger partial charge in [-0.2, -0.15) is 4.31 Å². The summed E-state index contributed by atoms with van der Waals surface area (Å²) < 4.78 is 27.8. The Balaban J connectivity index is 2.29. The van der Waals surface area contributed by atoms with Gasteiger partial charge in [-0.15, -0.1) is 0 Å². The first-order chi connectivity index (χ1) is 15.5. The highest BCUT2D eigenvalue weighted by molar-refractivity contribution is 9.09. The number of rotatable bonds is 12. The maximum atomic E-state index is 13.3. The Morgan fingerprint density at radius 2 is 1.64 bits per heavy atom. The van der Waals surface area contributed by atoms with Crippen LogP contribution in [-0.2, 0) is 16.4 Å². The Morgan fingerprint density at radius 1 is 1.03 bits per heavy atom. The molecule has 0 radical (unpaired) electrons. The number of sulfonamides is 1. The summed E-state index contributed by atoms with van der Waals surface area (Å²) in [6, 6.07) is 13.8. The van der Waals surface area contributed by atoms with Gasteiger partial charge in [0.1, 0.15) is 0 Å². The molecular weight excluding hydrogens is 512 g/mol. The molecule has 0 aliphatic rings. The maximum absolute atomic E-state index is 13.3. The maximum Gasteiger partial charge on any atom is 0.404 e.